The van der Waals surface area contributed by atoms with Gasteiger partial charge in [-0.3, -0.25) is 14.2 Å². The summed E-state index contributed by atoms with van der Waals surface area (Å²) in [6.45, 7) is 4.49. The van der Waals surface area contributed by atoms with Crippen LogP contribution in [0.3, 0.4) is 0 Å². The van der Waals surface area contributed by atoms with Crippen molar-refractivity contribution in [2.45, 2.75) is 58.5 Å². The molecule has 0 radical (unpaired) electrons. The minimum absolute atomic E-state index is 0.0480. The summed E-state index contributed by atoms with van der Waals surface area (Å²) >= 11 is 0. The van der Waals surface area contributed by atoms with Gasteiger partial charge in [-0.1, -0.05) is 19.1 Å². The number of nitrogens with one attached hydrogen (secondary N) is 2. The van der Waals surface area contributed by atoms with Gasteiger partial charge in [0.1, 0.15) is 0 Å². The predicted octanol–water partition coefficient (Wildman–Crippen LogP) is 2.41. The smallest absolute Gasteiger partial charge is 0.328 e. The molecule has 0 saturated heterocycles. The average molecular weight is 357 g/mol. The van der Waals surface area contributed by atoms with E-state index < -0.39 is 0 Å². The number of H-pyrrole nitrogens is 1. The fourth-order valence-electron chi connectivity index (χ4n) is 3.69. The van der Waals surface area contributed by atoms with Crippen molar-refractivity contribution >= 4 is 16.8 Å². The van der Waals surface area contributed by atoms with Gasteiger partial charge >= 0.3 is 5.69 Å². The van der Waals surface area contributed by atoms with Crippen LogP contribution in [0.4, 0.5) is 0 Å². The molecule has 1 atom stereocenters. The normalized spacial score (nSPS) is 21.5. The first kappa shape index (κ1) is 18.4. The Kier molecular flexibility index (Phi) is 5.59. The van der Waals surface area contributed by atoms with Gasteiger partial charge in [-0.25, -0.2) is 4.79 Å². The molecule has 2 aromatic rings. The SMILES string of the molecule is CC[C@H](C)NC(=O)C1CCC(Cn2c(=O)[nH]c3ccccc3c2=O)CC1. The second-order valence-corrected chi connectivity index (χ2v) is 7.43. The second kappa shape index (κ2) is 7.89. The van der Waals surface area contributed by atoms with Crippen LogP contribution in [0.25, 0.3) is 10.9 Å². The number of hydrogen-bond acceptors (Lipinski definition) is 3. The van der Waals surface area contributed by atoms with Crippen LogP contribution in [-0.4, -0.2) is 21.5 Å². The third kappa shape index (κ3) is 3.89. The number of hydrogen-bond donors (Lipinski definition) is 2. The molecule has 0 bridgehead atoms. The first-order valence-electron chi connectivity index (χ1n) is 9.51. The quantitative estimate of drug-likeness (QED) is 0.862. The summed E-state index contributed by atoms with van der Waals surface area (Å²) in [5, 5.41) is 3.59. The monoisotopic (exact) mass is 357 g/mol. The maximum atomic E-state index is 12.6. The standard InChI is InChI=1S/C20H27N3O3/c1-3-13(2)21-18(24)15-10-8-14(9-11-15)12-23-19(25)16-6-4-5-7-17(16)22-20(23)26/h4-7,13-15H,3,8-12H2,1-2H3,(H,21,24)(H,22,26)/t13-,14?,15?/m0/s1. The van der Waals surface area contributed by atoms with E-state index >= 15 is 0 Å². The molecular formula is C20H27N3O3. The van der Waals surface area contributed by atoms with E-state index in [1.54, 1.807) is 24.3 Å². The highest BCUT2D eigenvalue weighted by atomic mass is 16.2. The van der Waals surface area contributed by atoms with Gasteiger partial charge in [-0.05, 0) is 57.1 Å². The zero-order chi connectivity index (χ0) is 18.7. The van der Waals surface area contributed by atoms with Crippen LogP contribution in [0.5, 0.6) is 0 Å². The van der Waals surface area contributed by atoms with E-state index in [0.717, 1.165) is 32.1 Å². The number of rotatable bonds is 5. The Morgan fingerprint density at radius 2 is 1.92 bits per heavy atom. The van der Waals surface area contributed by atoms with E-state index in [2.05, 4.69) is 17.2 Å². The Hall–Kier alpha value is -2.37. The lowest BCUT2D eigenvalue weighted by Gasteiger charge is -2.28. The summed E-state index contributed by atoms with van der Waals surface area (Å²) in [7, 11) is 0. The molecule has 1 aliphatic rings. The van der Waals surface area contributed by atoms with E-state index in [1.165, 1.54) is 4.57 Å². The Labute approximate surface area is 152 Å². The summed E-state index contributed by atoms with van der Waals surface area (Å²) in [4.78, 5) is 40.0. The molecule has 140 valence electrons. The highest BCUT2D eigenvalue weighted by Gasteiger charge is 2.27. The summed E-state index contributed by atoms with van der Waals surface area (Å²) in [5.74, 6) is 0.438. The fourth-order valence-corrected chi connectivity index (χ4v) is 3.69. The zero-order valence-corrected chi connectivity index (χ0v) is 15.5. The number of amides is 1. The van der Waals surface area contributed by atoms with E-state index in [-0.39, 0.29) is 35.0 Å². The molecule has 1 amide bonds. The van der Waals surface area contributed by atoms with E-state index in [0.29, 0.717) is 17.4 Å². The number of para-hydroxylation sites is 1. The summed E-state index contributed by atoms with van der Waals surface area (Å²) in [5.41, 5.74) is -0.0181. The maximum Gasteiger partial charge on any atom is 0.328 e. The molecule has 1 fully saturated rings. The molecule has 1 aromatic carbocycles. The molecule has 0 unspecified atom stereocenters. The zero-order valence-electron chi connectivity index (χ0n) is 15.5. The Bertz CT molecular complexity index is 891. The Balaban J connectivity index is 1.67. The van der Waals surface area contributed by atoms with Crippen LogP contribution in [0, 0.1) is 11.8 Å². The largest absolute Gasteiger partial charge is 0.353 e. The number of fused-ring (bicyclic) bond motifs is 1. The second-order valence-electron chi connectivity index (χ2n) is 7.43. The number of benzene rings is 1. The third-order valence-electron chi connectivity index (χ3n) is 5.55. The molecule has 1 aromatic heterocycles. The fraction of sp³-hybridized carbons (Fsp3) is 0.550. The van der Waals surface area contributed by atoms with Gasteiger partial charge in [0.25, 0.3) is 5.56 Å². The number of aromatic amines is 1. The lowest BCUT2D eigenvalue weighted by Crippen LogP contribution is -2.40. The lowest BCUT2D eigenvalue weighted by atomic mass is 9.81. The van der Waals surface area contributed by atoms with Gasteiger partial charge in [-0.15, -0.1) is 0 Å². The van der Waals surface area contributed by atoms with Crippen LogP contribution in [-0.2, 0) is 11.3 Å². The minimum atomic E-state index is -0.356. The van der Waals surface area contributed by atoms with Gasteiger partial charge in [0.05, 0.1) is 10.9 Å². The summed E-state index contributed by atoms with van der Waals surface area (Å²) < 4.78 is 1.31. The molecule has 2 N–H and O–H groups in total. The van der Waals surface area contributed by atoms with Crippen molar-refractivity contribution in [1.29, 1.82) is 0 Å². The van der Waals surface area contributed by atoms with Crippen molar-refractivity contribution in [3.63, 3.8) is 0 Å². The van der Waals surface area contributed by atoms with Crippen LogP contribution in [0.15, 0.2) is 33.9 Å². The average Bonchev–Trinajstić information content (AvgIpc) is 2.65. The summed E-state index contributed by atoms with van der Waals surface area (Å²) in [6.07, 6.45) is 4.27. The number of carbonyl (C=O) groups excluding carboxylic acids is 1. The Morgan fingerprint density at radius 3 is 2.62 bits per heavy atom. The lowest BCUT2D eigenvalue weighted by molar-refractivity contribution is -0.126. The van der Waals surface area contributed by atoms with E-state index in [4.69, 9.17) is 0 Å². The molecule has 0 aliphatic heterocycles. The maximum absolute atomic E-state index is 12.6. The topological polar surface area (TPSA) is 84.0 Å². The number of carbonyl (C=O) groups is 1. The van der Waals surface area contributed by atoms with Crippen molar-refractivity contribution in [2.24, 2.45) is 11.8 Å². The highest BCUT2D eigenvalue weighted by molar-refractivity contribution is 5.79. The summed E-state index contributed by atoms with van der Waals surface area (Å²) in [6, 6.07) is 7.28. The van der Waals surface area contributed by atoms with Crippen LogP contribution >= 0.6 is 0 Å². The van der Waals surface area contributed by atoms with Gasteiger partial charge in [0, 0.05) is 18.5 Å². The highest BCUT2D eigenvalue weighted by Crippen LogP contribution is 2.29. The number of aromatic nitrogens is 2. The van der Waals surface area contributed by atoms with Gasteiger partial charge < -0.3 is 10.3 Å². The van der Waals surface area contributed by atoms with Crippen molar-refractivity contribution in [2.75, 3.05) is 0 Å². The Morgan fingerprint density at radius 1 is 1.23 bits per heavy atom. The first-order chi connectivity index (χ1) is 12.5. The van der Waals surface area contributed by atoms with E-state index in [9.17, 15) is 14.4 Å². The molecule has 0 spiro atoms. The van der Waals surface area contributed by atoms with Crippen LogP contribution in [0.1, 0.15) is 46.0 Å². The third-order valence-corrected chi connectivity index (χ3v) is 5.55. The van der Waals surface area contributed by atoms with Crippen LogP contribution < -0.4 is 16.6 Å². The van der Waals surface area contributed by atoms with Gasteiger partial charge in [0.2, 0.25) is 5.91 Å². The van der Waals surface area contributed by atoms with Crippen molar-refractivity contribution < 1.29 is 4.79 Å². The molecule has 3 rings (SSSR count). The van der Waals surface area contributed by atoms with Crippen LogP contribution in [0.2, 0.25) is 0 Å². The molecule has 1 heterocycles. The molecule has 1 aliphatic carbocycles. The molecular weight excluding hydrogens is 330 g/mol. The minimum Gasteiger partial charge on any atom is -0.353 e. The van der Waals surface area contributed by atoms with Gasteiger partial charge in [-0.2, -0.15) is 0 Å². The predicted molar refractivity (Wildman–Crippen MR) is 102 cm³/mol. The van der Waals surface area contributed by atoms with Crippen molar-refractivity contribution in [3.05, 3.63) is 45.1 Å². The molecule has 6 nitrogen and oxygen atoms in total. The van der Waals surface area contributed by atoms with E-state index in [1.807, 2.05) is 6.92 Å². The van der Waals surface area contributed by atoms with Gasteiger partial charge in [0.15, 0.2) is 0 Å². The molecule has 26 heavy (non-hydrogen) atoms. The van der Waals surface area contributed by atoms with Crippen molar-refractivity contribution in [1.82, 2.24) is 14.9 Å². The molecule has 1 saturated carbocycles. The van der Waals surface area contributed by atoms with Crippen molar-refractivity contribution in [3.8, 4) is 0 Å². The molecule has 6 heteroatoms. The first-order valence-corrected chi connectivity index (χ1v) is 9.51. The number of nitrogens with zero attached hydrogens (tertiary/aromatic N) is 1.